The zero-order valence-electron chi connectivity index (χ0n) is 12.9. The topological polar surface area (TPSA) is 106 Å². The van der Waals surface area contributed by atoms with Crippen LogP contribution >= 0.6 is 11.6 Å². The Labute approximate surface area is 142 Å². The summed E-state index contributed by atoms with van der Waals surface area (Å²) < 4.78 is 0. The first-order valence-electron chi connectivity index (χ1n) is 7.41. The molecule has 0 saturated carbocycles. The van der Waals surface area contributed by atoms with Crippen LogP contribution in [0.2, 0.25) is 0 Å². The number of hydrogen-bond acceptors (Lipinski definition) is 4. The predicted octanol–water partition coefficient (Wildman–Crippen LogP) is 1.04. The number of hydrogen-bond donors (Lipinski definition) is 3. The lowest BCUT2D eigenvalue weighted by Crippen LogP contribution is -2.24. The Morgan fingerprint density at radius 3 is 2.17 bits per heavy atom. The summed E-state index contributed by atoms with van der Waals surface area (Å²) in [5.74, 6) is -1.34. The number of H-pyrrole nitrogens is 2. The number of nitrogens with zero attached hydrogens (tertiary/aromatic N) is 1. The van der Waals surface area contributed by atoms with Crippen molar-refractivity contribution in [1.29, 1.82) is 0 Å². The molecule has 24 heavy (non-hydrogen) atoms. The lowest BCUT2D eigenvalue weighted by atomic mass is 10.0. The summed E-state index contributed by atoms with van der Waals surface area (Å²) >= 11 is 5.82. The van der Waals surface area contributed by atoms with Crippen molar-refractivity contribution in [3.8, 4) is 0 Å². The van der Waals surface area contributed by atoms with Gasteiger partial charge in [0.15, 0.2) is 0 Å². The summed E-state index contributed by atoms with van der Waals surface area (Å²) in [6.07, 6.45) is 2.28. The number of carboxylic acid groups (broad SMARTS) is 1. The van der Waals surface area contributed by atoms with Crippen molar-refractivity contribution in [3.05, 3.63) is 68.0 Å². The highest BCUT2D eigenvalue weighted by molar-refractivity contribution is 6.17. The molecular formula is C16H18ClN3O4. The SMILES string of the molecule is ClCN1CCc2ccccc2CC1.O=C(O)c1cc(=O)[nH]c(=O)[nH]1. The van der Waals surface area contributed by atoms with Gasteiger partial charge in [-0.3, -0.25) is 14.7 Å². The van der Waals surface area contributed by atoms with Crippen LogP contribution in [0.3, 0.4) is 0 Å². The molecule has 0 saturated heterocycles. The van der Waals surface area contributed by atoms with E-state index in [0.717, 1.165) is 32.0 Å². The molecule has 0 radical (unpaired) electrons. The molecule has 0 amide bonds. The van der Waals surface area contributed by atoms with Gasteiger partial charge in [0.2, 0.25) is 0 Å². The minimum Gasteiger partial charge on any atom is -0.477 e. The number of carboxylic acids is 1. The first-order chi connectivity index (χ1) is 11.5. The first-order valence-corrected chi connectivity index (χ1v) is 7.95. The third-order valence-electron chi connectivity index (χ3n) is 3.67. The molecule has 0 atom stereocenters. The van der Waals surface area contributed by atoms with Gasteiger partial charge < -0.3 is 10.1 Å². The highest BCUT2D eigenvalue weighted by atomic mass is 35.5. The number of rotatable bonds is 2. The molecule has 1 aromatic heterocycles. The second kappa shape index (κ2) is 8.47. The van der Waals surface area contributed by atoms with Gasteiger partial charge in [0, 0.05) is 19.2 Å². The van der Waals surface area contributed by atoms with Crippen LogP contribution in [0.15, 0.2) is 39.9 Å². The lowest BCUT2D eigenvalue weighted by Gasteiger charge is -2.14. The molecule has 1 aromatic carbocycles. The van der Waals surface area contributed by atoms with Crippen LogP contribution in [-0.2, 0) is 12.8 Å². The summed E-state index contributed by atoms with van der Waals surface area (Å²) in [4.78, 5) is 37.2. The molecule has 128 valence electrons. The maximum absolute atomic E-state index is 10.5. The Morgan fingerprint density at radius 1 is 1.12 bits per heavy atom. The zero-order valence-corrected chi connectivity index (χ0v) is 13.7. The summed E-state index contributed by atoms with van der Waals surface area (Å²) in [5.41, 5.74) is 1.02. The molecule has 8 heteroatoms. The second-order valence-electron chi connectivity index (χ2n) is 5.31. The Hall–Kier alpha value is -2.38. The molecular weight excluding hydrogens is 334 g/mol. The van der Waals surface area contributed by atoms with Gasteiger partial charge in [0.25, 0.3) is 5.56 Å². The summed E-state index contributed by atoms with van der Waals surface area (Å²) in [5, 5.41) is 8.31. The van der Waals surface area contributed by atoms with E-state index in [9.17, 15) is 14.4 Å². The van der Waals surface area contributed by atoms with Gasteiger partial charge in [-0.15, -0.1) is 11.6 Å². The molecule has 3 N–H and O–H groups in total. The second-order valence-corrected chi connectivity index (χ2v) is 5.55. The third kappa shape index (κ3) is 5.07. The number of carbonyl (C=O) groups is 1. The number of benzene rings is 1. The van der Waals surface area contributed by atoms with Crippen LogP contribution in [0.4, 0.5) is 0 Å². The van der Waals surface area contributed by atoms with Crippen LogP contribution in [0.25, 0.3) is 0 Å². The van der Waals surface area contributed by atoms with Gasteiger partial charge in [-0.25, -0.2) is 9.59 Å². The number of aromatic amines is 2. The molecule has 0 fully saturated rings. The molecule has 2 aromatic rings. The normalized spacial score (nSPS) is 14.0. The molecule has 2 heterocycles. The molecule has 1 aliphatic rings. The van der Waals surface area contributed by atoms with Crippen LogP contribution in [0.1, 0.15) is 21.6 Å². The summed E-state index contributed by atoms with van der Waals surface area (Å²) in [6.45, 7) is 2.20. The van der Waals surface area contributed by atoms with Gasteiger partial charge in [-0.2, -0.15) is 0 Å². The maximum Gasteiger partial charge on any atom is 0.352 e. The van der Waals surface area contributed by atoms with Crippen molar-refractivity contribution in [2.45, 2.75) is 12.8 Å². The first kappa shape index (κ1) is 18.0. The Balaban J connectivity index is 0.000000177. The van der Waals surface area contributed by atoms with Crippen molar-refractivity contribution in [1.82, 2.24) is 14.9 Å². The van der Waals surface area contributed by atoms with E-state index < -0.39 is 22.9 Å². The fourth-order valence-corrected chi connectivity index (χ4v) is 2.66. The Kier molecular flexibility index (Phi) is 6.34. The largest absolute Gasteiger partial charge is 0.477 e. The fraction of sp³-hybridized carbons (Fsp3) is 0.312. The summed E-state index contributed by atoms with van der Waals surface area (Å²) in [7, 11) is 0. The van der Waals surface area contributed by atoms with Crippen LogP contribution in [-0.4, -0.2) is 45.0 Å². The molecule has 7 nitrogen and oxygen atoms in total. The van der Waals surface area contributed by atoms with Crippen molar-refractivity contribution in [2.75, 3.05) is 19.1 Å². The van der Waals surface area contributed by atoms with Gasteiger partial charge >= 0.3 is 11.7 Å². The highest BCUT2D eigenvalue weighted by Crippen LogP contribution is 2.15. The van der Waals surface area contributed by atoms with E-state index in [1.165, 1.54) is 11.1 Å². The smallest absolute Gasteiger partial charge is 0.352 e. The van der Waals surface area contributed by atoms with Gasteiger partial charge in [-0.05, 0) is 24.0 Å². The monoisotopic (exact) mass is 351 g/mol. The Bertz CT molecular complexity index is 760. The number of aromatic carboxylic acids is 1. The third-order valence-corrected chi connectivity index (χ3v) is 4.01. The number of fused-ring (bicyclic) bond motifs is 1. The van der Waals surface area contributed by atoms with Crippen molar-refractivity contribution < 1.29 is 9.90 Å². The maximum atomic E-state index is 10.5. The van der Waals surface area contributed by atoms with E-state index in [-0.39, 0.29) is 0 Å². The van der Waals surface area contributed by atoms with Crippen molar-refractivity contribution >= 4 is 17.6 Å². The Morgan fingerprint density at radius 2 is 1.71 bits per heavy atom. The molecule has 0 bridgehead atoms. The summed E-state index contributed by atoms with van der Waals surface area (Å²) in [6, 6.07) is 10.2. The fourth-order valence-electron chi connectivity index (χ4n) is 2.42. The van der Waals surface area contributed by atoms with Crippen molar-refractivity contribution in [2.24, 2.45) is 0 Å². The van der Waals surface area contributed by atoms with Crippen molar-refractivity contribution in [3.63, 3.8) is 0 Å². The number of aromatic nitrogens is 2. The minimum absolute atomic E-state index is 0.418. The van der Waals surface area contributed by atoms with Crippen LogP contribution in [0, 0.1) is 0 Å². The minimum atomic E-state index is -1.34. The van der Waals surface area contributed by atoms with Crippen LogP contribution in [0.5, 0.6) is 0 Å². The van der Waals surface area contributed by atoms with E-state index in [0.29, 0.717) is 6.00 Å². The van der Waals surface area contributed by atoms with E-state index in [4.69, 9.17) is 16.7 Å². The average molecular weight is 352 g/mol. The standard InChI is InChI=1S/C11H14ClN.C5H4N2O4/c12-9-13-7-5-10-3-1-2-4-11(10)6-8-13;8-3-1-2(4(9)10)6-5(11)7-3/h1-4H,5-9H2;1H,(H,9,10)(H2,6,7,8,11). The van der Waals surface area contributed by atoms with E-state index in [1.807, 2.05) is 9.97 Å². The van der Waals surface area contributed by atoms with Crippen LogP contribution < -0.4 is 11.2 Å². The molecule has 0 spiro atoms. The van der Waals surface area contributed by atoms with Gasteiger partial charge in [-0.1, -0.05) is 24.3 Å². The number of halogens is 1. The molecule has 3 rings (SSSR count). The molecule has 0 unspecified atom stereocenters. The van der Waals surface area contributed by atoms with Gasteiger partial charge in [0.05, 0.1) is 6.00 Å². The lowest BCUT2D eigenvalue weighted by molar-refractivity contribution is 0.0689. The zero-order chi connectivity index (χ0) is 17.5. The van der Waals surface area contributed by atoms with Gasteiger partial charge in [0.1, 0.15) is 5.69 Å². The molecule has 0 aliphatic carbocycles. The number of alkyl halides is 1. The highest BCUT2D eigenvalue weighted by Gasteiger charge is 2.11. The number of nitrogens with one attached hydrogen (secondary N) is 2. The van der Waals surface area contributed by atoms with E-state index in [2.05, 4.69) is 29.2 Å². The quantitative estimate of drug-likeness (QED) is 0.554. The van der Waals surface area contributed by atoms with E-state index >= 15 is 0 Å². The average Bonchev–Trinajstić information content (AvgIpc) is 2.77. The molecule has 1 aliphatic heterocycles. The predicted molar refractivity (Wildman–Crippen MR) is 90.8 cm³/mol. The van der Waals surface area contributed by atoms with E-state index in [1.54, 1.807) is 0 Å².